The van der Waals surface area contributed by atoms with Crippen molar-refractivity contribution in [3.63, 3.8) is 0 Å². The van der Waals surface area contributed by atoms with Gasteiger partial charge in [0, 0.05) is 20.1 Å². The maximum absolute atomic E-state index is 11.7. The minimum atomic E-state index is -0.178. The molecule has 0 aromatic carbocycles. The van der Waals surface area contributed by atoms with Gasteiger partial charge in [-0.3, -0.25) is 0 Å². The van der Waals surface area contributed by atoms with Crippen LogP contribution in [0.4, 0.5) is 4.79 Å². The van der Waals surface area contributed by atoms with Crippen molar-refractivity contribution < 1.29 is 19.0 Å². The molecule has 3 aliphatic carbocycles. The summed E-state index contributed by atoms with van der Waals surface area (Å²) in [6, 6.07) is 0. The second-order valence-electron chi connectivity index (χ2n) is 7.00. The molecule has 6 unspecified atom stereocenters. The number of thioether (sulfide) groups is 1. The van der Waals surface area contributed by atoms with Crippen molar-refractivity contribution in [3.05, 3.63) is 12.2 Å². The van der Waals surface area contributed by atoms with Gasteiger partial charge in [-0.2, -0.15) is 0 Å². The average Bonchev–Trinajstić information content (AvgIpc) is 3.06. The maximum Gasteiger partial charge on any atom is 0.367 e. The van der Waals surface area contributed by atoms with Crippen LogP contribution in [0.5, 0.6) is 0 Å². The van der Waals surface area contributed by atoms with Crippen LogP contribution in [0.3, 0.4) is 0 Å². The number of hydrogen-bond acceptors (Lipinski definition) is 5. The van der Waals surface area contributed by atoms with Crippen LogP contribution in [0.15, 0.2) is 12.2 Å². The van der Waals surface area contributed by atoms with Crippen molar-refractivity contribution in [3.8, 4) is 0 Å². The summed E-state index contributed by atoms with van der Waals surface area (Å²) in [6.07, 6.45) is 11.7. The topological polar surface area (TPSA) is 44.8 Å². The van der Waals surface area contributed by atoms with Crippen molar-refractivity contribution in [1.82, 2.24) is 0 Å². The van der Waals surface area contributed by atoms with E-state index in [0.717, 1.165) is 24.6 Å². The quantitative estimate of drug-likeness (QED) is 0.438. The van der Waals surface area contributed by atoms with Crippen LogP contribution in [0.1, 0.15) is 32.1 Å². The van der Waals surface area contributed by atoms with E-state index >= 15 is 0 Å². The predicted octanol–water partition coefficient (Wildman–Crippen LogP) is 4.10. The highest BCUT2D eigenvalue weighted by atomic mass is 32.2. The second-order valence-corrected chi connectivity index (χ2v) is 7.74. The first-order valence-corrected chi connectivity index (χ1v) is 9.89. The Balaban J connectivity index is 1.77. The fourth-order valence-corrected chi connectivity index (χ4v) is 5.68. The van der Waals surface area contributed by atoms with Gasteiger partial charge in [0.15, 0.2) is 6.29 Å². The summed E-state index contributed by atoms with van der Waals surface area (Å²) in [6.45, 7) is 0. The van der Waals surface area contributed by atoms with Gasteiger partial charge in [-0.25, -0.2) is 4.79 Å². The summed E-state index contributed by atoms with van der Waals surface area (Å²) >= 11 is 1.15. The van der Waals surface area contributed by atoms with E-state index in [-0.39, 0.29) is 17.7 Å². The third-order valence-corrected chi connectivity index (χ3v) is 6.62. The Kier molecular flexibility index (Phi) is 5.70. The van der Waals surface area contributed by atoms with Crippen molar-refractivity contribution in [2.75, 3.05) is 20.5 Å². The lowest BCUT2D eigenvalue weighted by Crippen LogP contribution is -2.30. The molecule has 0 N–H and O–H groups in total. The molecule has 0 radical (unpaired) electrons. The molecule has 2 bridgehead atoms. The van der Waals surface area contributed by atoms with E-state index in [1.807, 2.05) is 0 Å². The molecule has 5 heteroatoms. The average molecular weight is 340 g/mol. The smallest absolute Gasteiger partial charge is 0.367 e. The molecule has 3 rings (SSSR count). The first-order valence-electron chi connectivity index (χ1n) is 8.66. The molecule has 6 atom stereocenters. The van der Waals surface area contributed by atoms with Crippen LogP contribution in [-0.2, 0) is 14.2 Å². The molecule has 0 spiro atoms. The molecule has 130 valence electrons. The van der Waals surface area contributed by atoms with Gasteiger partial charge in [0.05, 0.1) is 0 Å². The number of carbonyl (C=O) groups is 1. The molecule has 0 aliphatic heterocycles. The Morgan fingerprint density at radius 2 is 1.78 bits per heavy atom. The van der Waals surface area contributed by atoms with E-state index in [0.29, 0.717) is 29.6 Å². The fraction of sp³-hybridized carbons (Fsp3) is 0.833. The highest BCUT2D eigenvalue weighted by molar-refractivity contribution is 8.12. The SMILES string of the molecule is COC(OC)C1C2CCC1C1CC(OC(=O)SC)/C=C/CCC12. The molecule has 0 amide bonds. The van der Waals surface area contributed by atoms with Gasteiger partial charge in [0.25, 0.3) is 0 Å². The number of ether oxygens (including phenoxy) is 3. The van der Waals surface area contributed by atoms with Crippen molar-refractivity contribution in [2.45, 2.75) is 44.5 Å². The van der Waals surface area contributed by atoms with Gasteiger partial charge in [-0.05, 0) is 79.9 Å². The van der Waals surface area contributed by atoms with E-state index in [1.165, 1.54) is 19.3 Å². The van der Waals surface area contributed by atoms with Crippen molar-refractivity contribution in [2.24, 2.45) is 29.6 Å². The third-order valence-electron chi connectivity index (χ3n) is 6.19. The van der Waals surface area contributed by atoms with Gasteiger partial charge in [-0.1, -0.05) is 6.08 Å². The summed E-state index contributed by atoms with van der Waals surface area (Å²) in [7, 11) is 3.50. The summed E-state index contributed by atoms with van der Waals surface area (Å²) in [5.41, 5.74) is 0. The second kappa shape index (κ2) is 7.58. The number of carbonyl (C=O) groups excluding carboxylic acids is 1. The molecule has 0 aromatic rings. The summed E-state index contributed by atoms with van der Waals surface area (Å²) in [4.78, 5) is 11.7. The van der Waals surface area contributed by atoms with E-state index in [4.69, 9.17) is 14.2 Å². The predicted molar refractivity (Wildman–Crippen MR) is 91.3 cm³/mol. The molecule has 23 heavy (non-hydrogen) atoms. The molecule has 0 heterocycles. The molecular formula is C18H28O4S. The minimum absolute atomic E-state index is 0.0775. The molecule has 0 aromatic heterocycles. The van der Waals surface area contributed by atoms with Gasteiger partial charge < -0.3 is 14.2 Å². The van der Waals surface area contributed by atoms with E-state index in [2.05, 4.69) is 12.2 Å². The highest BCUT2D eigenvalue weighted by Crippen LogP contribution is 2.60. The summed E-state index contributed by atoms with van der Waals surface area (Å²) in [5, 5.41) is -0.178. The normalized spacial score (nSPS) is 40.5. The first-order chi connectivity index (χ1) is 11.2. The fourth-order valence-electron chi connectivity index (χ4n) is 5.46. The molecule has 4 nitrogen and oxygen atoms in total. The van der Waals surface area contributed by atoms with E-state index in [1.54, 1.807) is 20.5 Å². The Labute approximate surface area is 143 Å². The summed E-state index contributed by atoms with van der Waals surface area (Å²) < 4.78 is 16.8. The van der Waals surface area contributed by atoms with Gasteiger partial charge >= 0.3 is 5.30 Å². The lowest BCUT2D eigenvalue weighted by Gasteiger charge is -2.33. The lowest BCUT2D eigenvalue weighted by atomic mass is 9.73. The number of rotatable bonds is 4. The van der Waals surface area contributed by atoms with E-state index in [9.17, 15) is 4.79 Å². The Morgan fingerprint density at radius 3 is 2.43 bits per heavy atom. The minimum Gasteiger partial charge on any atom is -0.450 e. The van der Waals surface area contributed by atoms with E-state index < -0.39 is 0 Å². The molecular weight excluding hydrogens is 312 g/mol. The van der Waals surface area contributed by atoms with Crippen molar-refractivity contribution in [1.29, 1.82) is 0 Å². The Morgan fingerprint density at radius 1 is 1.09 bits per heavy atom. The zero-order valence-corrected chi connectivity index (χ0v) is 15.1. The lowest BCUT2D eigenvalue weighted by molar-refractivity contribution is -0.149. The van der Waals surface area contributed by atoms with Crippen molar-refractivity contribution >= 4 is 17.1 Å². The zero-order chi connectivity index (χ0) is 16.4. The van der Waals surface area contributed by atoms with Gasteiger partial charge in [-0.15, -0.1) is 0 Å². The largest absolute Gasteiger partial charge is 0.450 e. The Bertz CT molecular complexity index is 448. The highest BCUT2D eigenvalue weighted by Gasteiger charge is 2.57. The van der Waals surface area contributed by atoms with Crippen LogP contribution in [0.25, 0.3) is 0 Å². The standard InChI is InChI=1S/C18H28O4S/c1-20-17(21-2)16-13-8-9-14(16)15-10-11(22-18(19)23-3)6-4-5-7-12(13)15/h4,6,11-17H,5,7-10H2,1-3H3/b6-4+. The van der Waals surface area contributed by atoms with Crippen LogP contribution < -0.4 is 0 Å². The molecule has 3 aliphatic rings. The maximum atomic E-state index is 11.7. The molecule has 0 saturated heterocycles. The number of fused-ring (bicyclic) bond motifs is 5. The van der Waals surface area contributed by atoms with Gasteiger partial charge in [0.2, 0.25) is 0 Å². The monoisotopic (exact) mass is 340 g/mol. The summed E-state index contributed by atoms with van der Waals surface area (Å²) in [5.74, 6) is 3.16. The Hall–Kier alpha value is -0.520. The van der Waals surface area contributed by atoms with Crippen LogP contribution >= 0.6 is 11.8 Å². The number of hydrogen-bond donors (Lipinski definition) is 0. The molecule has 2 saturated carbocycles. The zero-order valence-electron chi connectivity index (χ0n) is 14.3. The first kappa shape index (κ1) is 17.3. The number of allylic oxidation sites excluding steroid dienone is 1. The van der Waals surface area contributed by atoms with Crippen LogP contribution in [0.2, 0.25) is 0 Å². The van der Waals surface area contributed by atoms with Crippen LogP contribution in [0, 0.1) is 29.6 Å². The third kappa shape index (κ3) is 3.33. The number of methoxy groups -OCH3 is 2. The van der Waals surface area contributed by atoms with Crippen LogP contribution in [-0.4, -0.2) is 38.2 Å². The molecule has 2 fully saturated rings. The van der Waals surface area contributed by atoms with Gasteiger partial charge in [0.1, 0.15) is 6.10 Å².